The van der Waals surface area contributed by atoms with E-state index in [4.69, 9.17) is 10.00 Å². The van der Waals surface area contributed by atoms with E-state index < -0.39 is 6.10 Å². The molecule has 1 saturated heterocycles. The van der Waals surface area contributed by atoms with Crippen molar-refractivity contribution in [2.24, 2.45) is 0 Å². The third kappa shape index (κ3) is 3.01. The van der Waals surface area contributed by atoms with Gasteiger partial charge in [0, 0.05) is 20.6 Å². The molecule has 0 saturated carbocycles. The minimum absolute atomic E-state index is 0.0358. The normalized spacial score (nSPS) is 18.8. The molecule has 0 aliphatic carbocycles. The van der Waals surface area contributed by atoms with Crippen LogP contribution >= 0.6 is 0 Å². The summed E-state index contributed by atoms with van der Waals surface area (Å²) in [6, 6.07) is 5.50. The maximum atomic E-state index is 11.9. The molecule has 100 valence electrons. The third-order valence-electron chi connectivity index (χ3n) is 3.01. The molecule has 6 heteroatoms. The number of anilines is 1. The quantitative estimate of drug-likeness (QED) is 0.762. The van der Waals surface area contributed by atoms with Crippen LogP contribution in [-0.4, -0.2) is 55.7 Å². The van der Waals surface area contributed by atoms with Crippen molar-refractivity contribution in [3.8, 4) is 6.07 Å². The summed E-state index contributed by atoms with van der Waals surface area (Å²) in [7, 11) is 3.43. The Hall–Kier alpha value is -2.13. The van der Waals surface area contributed by atoms with Crippen LogP contribution in [0.3, 0.4) is 0 Å². The van der Waals surface area contributed by atoms with Gasteiger partial charge in [0.1, 0.15) is 11.8 Å². The van der Waals surface area contributed by atoms with Crippen LogP contribution in [0.25, 0.3) is 0 Å². The molecule has 1 amide bonds. The van der Waals surface area contributed by atoms with E-state index in [1.807, 2.05) is 17.0 Å². The first-order valence-corrected chi connectivity index (χ1v) is 6.05. The van der Waals surface area contributed by atoms with Crippen molar-refractivity contribution in [2.75, 3.05) is 38.7 Å². The van der Waals surface area contributed by atoms with E-state index in [0.717, 1.165) is 5.69 Å². The average molecular weight is 260 g/mol. The van der Waals surface area contributed by atoms with E-state index in [9.17, 15) is 4.79 Å². The molecule has 6 nitrogen and oxygen atoms in total. The number of hydrogen-bond acceptors (Lipinski definition) is 5. The van der Waals surface area contributed by atoms with Crippen LogP contribution in [0, 0.1) is 11.3 Å². The van der Waals surface area contributed by atoms with Crippen molar-refractivity contribution in [2.45, 2.75) is 6.10 Å². The zero-order valence-electron chi connectivity index (χ0n) is 11.0. The number of hydrogen-bond donors (Lipinski definition) is 0. The number of likely N-dealkylation sites (N-methyl/N-ethyl adjacent to an activating group) is 1. The van der Waals surface area contributed by atoms with Crippen molar-refractivity contribution < 1.29 is 9.53 Å². The number of rotatable bonds is 2. The fraction of sp³-hybridized carbons (Fsp3) is 0.462. The van der Waals surface area contributed by atoms with Crippen molar-refractivity contribution >= 4 is 11.6 Å². The average Bonchev–Trinajstić information content (AvgIpc) is 2.46. The molecular weight excluding hydrogens is 244 g/mol. The number of nitrogens with zero attached hydrogens (tertiary/aromatic N) is 4. The maximum absolute atomic E-state index is 11.9. The van der Waals surface area contributed by atoms with Crippen molar-refractivity contribution in [1.82, 2.24) is 9.88 Å². The molecule has 0 bridgehead atoms. The smallest absolute Gasteiger partial charge is 0.253 e. The summed E-state index contributed by atoms with van der Waals surface area (Å²) in [5.41, 5.74) is 1.29. The summed E-state index contributed by atoms with van der Waals surface area (Å²) in [5.74, 6) is -0.0358. The van der Waals surface area contributed by atoms with Gasteiger partial charge < -0.3 is 14.5 Å². The van der Waals surface area contributed by atoms with Gasteiger partial charge in [-0.1, -0.05) is 0 Å². The van der Waals surface area contributed by atoms with Gasteiger partial charge in [0.2, 0.25) is 0 Å². The van der Waals surface area contributed by atoms with Crippen molar-refractivity contribution in [1.29, 1.82) is 5.26 Å². The molecule has 1 fully saturated rings. The number of pyridine rings is 1. The monoisotopic (exact) mass is 260 g/mol. The fourth-order valence-corrected chi connectivity index (χ4v) is 1.96. The van der Waals surface area contributed by atoms with Crippen LogP contribution in [0.15, 0.2) is 18.3 Å². The van der Waals surface area contributed by atoms with Gasteiger partial charge in [-0.2, -0.15) is 5.26 Å². The highest BCUT2D eigenvalue weighted by Crippen LogP contribution is 2.17. The first-order chi connectivity index (χ1) is 9.11. The summed E-state index contributed by atoms with van der Waals surface area (Å²) >= 11 is 0. The van der Waals surface area contributed by atoms with E-state index in [-0.39, 0.29) is 5.91 Å². The lowest BCUT2D eigenvalue weighted by Crippen LogP contribution is -2.49. The maximum Gasteiger partial charge on any atom is 0.253 e. The Morgan fingerprint density at radius 2 is 2.37 bits per heavy atom. The lowest BCUT2D eigenvalue weighted by molar-refractivity contribution is -0.141. The van der Waals surface area contributed by atoms with Gasteiger partial charge in [-0.05, 0) is 12.1 Å². The number of morpholine rings is 1. The molecule has 1 aromatic heterocycles. The van der Waals surface area contributed by atoms with E-state index in [1.165, 1.54) is 4.90 Å². The van der Waals surface area contributed by atoms with Crippen LogP contribution in [-0.2, 0) is 9.53 Å². The van der Waals surface area contributed by atoms with Crippen LogP contribution in [0.4, 0.5) is 5.69 Å². The molecule has 0 N–H and O–H groups in total. The summed E-state index contributed by atoms with van der Waals surface area (Å²) in [6.07, 6.45) is 1.21. The minimum atomic E-state index is -0.445. The van der Waals surface area contributed by atoms with Gasteiger partial charge in [-0.3, -0.25) is 4.79 Å². The Balaban J connectivity index is 2.08. The third-order valence-corrected chi connectivity index (χ3v) is 3.01. The predicted octanol–water partition coefficient (Wildman–Crippen LogP) is 0.247. The SMILES string of the molecule is CN(C)C(=O)C1CN(c2ccc(C#N)nc2)CCO1. The van der Waals surface area contributed by atoms with Crippen molar-refractivity contribution in [3.05, 3.63) is 24.0 Å². The molecule has 2 rings (SSSR count). The lowest BCUT2D eigenvalue weighted by atomic mass is 10.2. The van der Waals surface area contributed by atoms with Gasteiger partial charge >= 0.3 is 0 Å². The summed E-state index contributed by atoms with van der Waals surface area (Å²) in [6.45, 7) is 1.72. The Bertz CT molecular complexity index is 492. The van der Waals surface area contributed by atoms with E-state index in [0.29, 0.717) is 25.4 Å². The molecular formula is C13H16N4O2. The van der Waals surface area contributed by atoms with Crippen LogP contribution in [0.5, 0.6) is 0 Å². The highest BCUT2D eigenvalue weighted by molar-refractivity contribution is 5.81. The first kappa shape index (κ1) is 13.3. The second kappa shape index (κ2) is 5.67. The highest BCUT2D eigenvalue weighted by atomic mass is 16.5. The summed E-state index contributed by atoms with van der Waals surface area (Å²) in [5, 5.41) is 8.72. The van der Waals surface area contributed by atoms with Crippen LogP contribution < -0.4 is 4.90 Å². The topological polar surface area (TPSA) is 69.5 Å². The van der Waals surface area contributed by atoms with Gasteiger partial charge in [0.05, 0.1) is 25.0 Å². The molecule has 1 aliphatic heterocycles. The Morgan fingerprint density at radius 1 is 1.58 bits per heavy atom. The Labute approximate surface area is 112 Å². The minimum Gasteiger partial charge on any atom is -0.365 e. The molecule has 1 atom stereocenters. The molecule has 0 spiro atoms. The summed E-state index contributed by atoms with van der Waals surface area (Å²) < 4.78 is 5.49. The number of amides is 1. The van der Waals surface area contributed by atoms with E-state index >= 15 is 0 Å². The van der Waals surface area contributed by atoms with Gasteiger partial charge in [0.25, 0.3) is 5.91 Å². The number of aromatic nitrogens is 1. The second-order valence-corrected chi connectivity index (χ2v) is 4.55. The van der Waals surface area contributed by atoms with Gasteiger partial charge in [-0.15, -0.1) is 0 Å². The van der Waals surface area contributed by atoms with E-state index in [2.05, 4.69) is 4.98 Å². The first-order valence-electron chi connectivity index (χ1n) is 6.05. The number of carbonyl (C=O) groups excluding carboxylic acids is 1. The number of nitriles is 1. The Kier molecular flexibility index (Phi) is 3.97. The number of carbonyl (C=O) groups is 1. The molecule has 19 heavy (non-hydrogen) atoms. The highest BCUT2D eigenvalue weighted by Gasteiger charge is 2.27. The number of ether oxygens (including phenoxy) is 1. The van der Waals surface area contributed by atoms with Gasteiger partial charge in [-0.25, -0.2) is 4.98 Å². The fourth-order valence-electron chi connectivity index (χ4n) is 1.96. The standard InChI is InChI=1S/C13H16N4O2/c1-16(2)13(18)12-9-17(5-6-19-12)11-4-3-10(7-14)15-8-11/h3-4,8,12H,5-6,9H2,1-2H3. The van der Waals surface area contributed by atoms with E-state index in [1.54, 1.807) is 26.4 Å². The molecule has 0 aromatic carbocycles. The zero-order chi connectivity index (χ0) is 13.8. The second-order valence-electron chi connectivity index (χ2n) is 4.55. The summed E-state index contributed by atoms with van der Waals surface area (Å²) in [4.78, 5) is 19.5. The predicted molar refractivity (Wildman–Crippen MR) is 69.6 cm³/mol. The molecule has 1 aromatic rings. The largest absolute Gasteiger partial charge is 0.365 e. The van der Waals surface area contributed by atoms with Gasteiger partial charge in [0.15, 0.2) is 6.10 Å². The molecule has 1 unspecified atom stereocenters. The Morgan fingerprint density at radius 3 is 2.95 bits per heavy atom. The van der Waals surface area contributed by atoms with Crippen LogP contribution in [0.2, 0.25) is 0 Å². The molecule has 2 heterocycles. The molecule has 1 aliphatic rings. The van der Waals surface area contributed by atoms with Crippen LogP contribution in [0.1, 0.15) is 5.69 Å². The lowest BCUT2D eigenvalue weighted by Gasteiger charge is -2.34. The van der Waals surface area contributed by atoms with Crippen molar-refractivity contribution in [3.63, 3.8) is 0 Å². The zero-order valence-corrected chi connectivity index (χ0v) is 11.0. The molecule has 0 radical (unpaired) electrons.